The number of thiazole rings is 1. The van der Waals surface area contributed by atoms with Crippen molar-refractivity contribution in [1.82, 2.24) is 15.6 Å². The first-order valence-corrected chi connectivity index (χ1v) is 7.53. The standard InChI is InChI=1S/C12H21N5O2S/c1-19-7-6-15-12-17-10(13)9(20-12)11(18)16-8-2-4-14-5-3-8/h8,14H,2-7,13H2,1H3,(H,15,17)(H,16,18). The van der Waals surface area contributed by atoms with Crippen molar-refractivity contribution in [2.75, 3.05) is 44.4 Å². The number of nitrogens with zero attached hydrogens (tertiary/aromatic N) is 1. The minimum Gasteiger partial charge on any atom is -0.383 e. The Morgan fingerprint density at radius 1 is 1.55 bits per heavy atom. The highest BCUT2D eigenvalue weighted by Gasteiger charge is 2.20. The minimum absolute atomic E-state index is 0.133. The lowest BCUT2D eigenvalue weighted by molar-refractivity contribution is 0.0934. The summed E-state index contributed by atoms with van der Waals surface area (Å²) in [5.74, 6) is 0.146. The van der Waals surface area contributed by atoms with Gasteiger partial charge in [-0.1, -0.05) is 11.3 Å². The monoisotopic (exact) mass is 299 g/mol. The van der Waals surface area contributed by atoms with Crippen molar-refractivity contribution in [3.8, 4) is 0 Å². The zero-order valence-electron chi connectivity index (χ0n) is 11.6. The molecule has 0 bridgehead atoms. The van der Waals surface area contributed by atoms with Crippen LogP contribution in [0.5, 0.6) is 0 Å². The molecule has 7 nitrogen and oxygen atoms in total. The number of ether oxygens (including phenoxy) is 1. The maximum Gasteiger partial charge on any atom is 0.265 e. The Labute approximate surface area is 122 Å². The Bertz CT molecular complexity index is 445. The first-order chi connectivity index (χ1) is 9.70. The number of carbonyl (C=O) groups excluding carboxylic acids is 1. The van der Waals surface area contributed by atoms with Crippen LogP contribution in [0.4, 0.5) is 10.9 Å². The van der Waals surface area contributed by atoms with E-state index in [4.69, 9.17) is 10.5 Å². The molecule has 0 aliphatic carbocycles. The molecule has 1 aliphatic heterocycles. The van der Waals surface area contributed by atoms with Crippen molar-refractivity contribution in [2.24, 2.45) is 0 Å². The molecule has 112 valence electrons. The van der Waals surface area contributed by atoms with Gasteiger partial charge in [-0.25, -0.2) is 4.98 Å². The first-order valence-electron chi connectivity index (χ1n) is 6.71. The zero-order chi connectivity index (χ0) is 14.4. The van der Waals surface area contributed by atoms with Gasteiger partial charge >= 0.3 is 0 Å². The quantitative estimate of drug-likeness (QED) is 0.562. The van der Waals surface area contributed by atoms with E-state index >= 15 is 0 Å². The molecule has 5 N–H and O–H groups in total. The van der Waals surface area contributed by atoms with Crippen LogP contribution in [0.15, 0.2) is 0 Å². The molecule has 0 unspecified atom stereocenters. The highest BCUT2D eigenvalue weighted by atomic mass is 32.1. The fourth-order valence-electron chi connectivity index (χ4n) is 2.05. The molecular weight excluding hydrogens is 278 g/mol. The summed E-state index contributed by atoms with van der Waals surface area (Å²) in [7, 11) is 1.63. The minimum atomic E-state index is -0.133. The molecule has 1 fully saturated rings. The van der Waals surface area contributed by atoms with E-state index in [9.17, 15) is 4.79 Å². The highest BCUT2D eigenvalue weighted by molar-refractivity contribution is 7.18. The average Bonchev–Trinajstić information content (AvgIpc) is 2.81. The predicted octanol–water partition coefficient (Wildman–Crippen LogP) is 0.265. The van der Waals surface area contributed by atoms with Crippen molar-refractivity contribution >= 4 is 28.2 Å². The van der Waals surface area contributed by atoms with Crippen LogP contribution in [0.3, 0.4) is 0 Å². The van der Waals surface area contributed by atoms with Gasteiger partial charge in [-0.3, -0.25) is 4.79 Å². The van der Waals surface area contributed by atoms with E-state index in [1.807, 2.05) is 0 Å². The molecule has 0 atom stereocenters. The molecule has 1 amide bonds. The maximum atomic E-state index is 12.2. The molecule has 0 aromatic carbocycles. The molecule has 20 heavy (non-hydrogen) atoms. The lowest BCUT2D eigenvalue weighted by atomic mass is 10.1. The Balaban J connectivity index is 1.91. The number of rotatable bonds is 6. The van der Waals surface area contributed by atoms with Crippen LogP contribution in [-0.2, 0) is 4.74 Å². The summed E-state index contributed by atoms with van der Waals surface area (Å²) in [6.07, 6.45) is 1.90. The van der Waals surface area contributed by atoms with Gasteiger partial charge in [0.25, 0.3) is 5.91 Å². The Kier molecular flexibility index (Phi) is 5.57. The van der Waals surface area contributed by atoms with Crippen LogP contribution in [0, 0.1) is 0 Å². The summed E-state index contributed by atoms with van der Waals surface area (Å²) in [5, 5.41) is 10.0. The van der Waals surface area contributed by atoms with Gasteiger partial charge in [-0.05, 0) is 25.9 Å². The second-order valence-corrected chi connectivity index (χ2v) is 5.65. The third-order valence-corrected chi connectivity index (χ3v) is 4.14. The normalized spacial score (nSPS) is 16.1. The predicted molar refractivity (Wildman–Crippen MR) is 80.3 cm³/mol. The van der Waals surface area contributed by atoms with Crippen molar-refractivity contribution < 1.29 is 9.53 Å². The molecule has 1 aromatic heterocycles. The smallest absolute Gasteiger partial charge is 0.265 e. The topological polar surface area (TPSA) is 101 Å². The molecule has 8 heteroatoms. The Morgan fingerprint density at radius 3 is 3.00 bits per heavy atom. The van der Waals surface area contributed by atoms with E-state index in [0.717, 1.165) is 25.9 Å². The Morgan fingerprint density at radius 2 is 2.30 bits per heavy atom. The molecule has 0 spiro atoms. The van der Waals surface area contributed by atoms with E-state index in [0.29, 0.717) is 23.2 Å². The number of nitrogens with two attached hydrogens (primary N) is 1. The summed E-state index contributed by atoms with van der Waals surface area (Å²) in [6.45, 7) is 3.09. The lowest BCUT2D eigenvalue weighted by Gasteiger charge is -2.23. The van der Waals surface area contributed by atoms with Crippen LogP contribution in [-0.4, -0.2) is 50.3 Å². The van der Waals surface area contributed by atoms with Gasteiger partial charge in [0.1, 0.15) is 10.7 Å². The summed E-state index contributed by atoms with van der Waals surface area (Å²) in [6, 6.07) is 0.218. The number of hydrogen-bond acceptors (Lipinski definition) is 7. The van der Waals surface area contributed by atoms with Crippen LogP contribution >= 0.6 is 11.3 Å². The van der Waals surface area contributed by atoms with E-state index in [2.05, 4.69) is 20.9 Å². The average molecular weight is 299 g/mol. The highest BCUT2D eigenvalue weighted by Crippen LogP contribution is 2.25. The molecular formula is C12H21N5O2S. The van der Waals surface area contributed by atoms with Gasteiger partial charge in [0, 0.05) is 19.7 Å². The van der Waals surface area contributed by atoms with Crippen molar-refractivity contribution in [1.29, 1.82) is 0 Å². The van der Waals surface area contributed by atoms with Crippen LogP contribution in [0.1, 0.15) is 22.5 Å². The molecule has 0 radical (unpaired) electrons. The first kappa shape index (κ1) is 15.0. The van der Waals surface area contributed by atoms with Gasteiger partial charge in [0.05, 0.1) is 6.61 Å². The third-order valence-electron chi connectivity index (χ3n) is 3.12. The lowest BCUT2D eigenvalue weighted by Crippen LogP contribution is -2.42. The maximum absolute atomic E-state index is 12.2. The summed E-state index contributed by atoms with van der Waals surface area (Å²) < 4.78 is 4.95. The fraction of sp³-hybridized carbons (Fsp3) is 0.667. The molecule has 1 aromatic rings. The molecule has 2 rings (SSSR count). The van der Waals surface area contributed by atoms with E-state index in [1.165, 1.54) is 11.3 Å². The molecule has 2 heterocycles. The van der Waals surface area contributed by atoms with Gasteiger partial charge < -0.3 is 26.4 Å². The number of methoxy groups -OCH3 is 1. The second-order valence-electron chi connectivity index (χ2n) is 4.65. The van der Waals surface area contributed by atoms with Crippen molar-refractivity contribution in [3.05, 3.63) is 4.88 Å². The number of aromatic nitrogens is 1. The van der Waals surface area contributed by atoms with Gasteiger partial charge in [-0.15, -0.1) is 0 Å². The third kappa shape index (κ3) is 4.06. The van der Waals surface area contributed by atoms with Gasteiger partial charge in [-0.2, -0.15) is 0 Å². The van der Waals surface area contributed by atoms with Crippen molar-refractivity contribution in [3.63, 3.8) is 0 Å². The molecule has 0 saturated carbocycles. The number of carbonyl (C=O) groups is 1. The van der Waals surface area contributed by atoms with Crippen molar-refractivity contribution in [2.45, 2.75) is 18.9 Å². The van der Waals surface area contributed by atoms with Crippen LogP contribution < -0.4 is 21.7 Å². The van der Waals surface area contributed by atoms with Crippen LogP contribution in [0.2, 0.25) is 0 Å². The zero-order valence-corrected chi connectivity index (χ0v) is 12.4. The number of nitrogens with one attached hydrogen (secondary N) is 3. The summed E-state index contributed by atoms with van der Waals surface area (Å²) in [4.78, 5) is 16.8. The fourth-order valence-corrected chi connectivity index (χ4v) is 2.86. The summed E-state index contributed by atoms with van der Waals surface area (Å²) in [5.41, 5.74) is 5.81. The van der Waals surface area contributed by atoms with E-state index < -0.39 is 0 Å². The van der Waals surface area contributed by atoms with Crippen LogP contribution in [0.25, 0.3) is 0 Å². The number of amides is 1. The van der Waals surface area contributed by atoms with E-state index in [1.54, 1.807) is 7.11 Å². The SMILES string of the molecule is COCCNc1nc(N)c(C(=O)NC2CCNCC2)s1. The summed E-state index contributed by atoms with van der Waals surface area (Å²) >= 11 is 1.28. The largest absolute Gasteiger partial charge is 0.383 e. The number of piperidine rings is 1. The second kappa shape index (κ2) is 7.41. The van der Waals surface area contributed by atoms with Gasteiger partial charge in [0.15, 0.2) is 5.13 Å². The van der Waals surface area contributed by atoms with Gasteiger partial charge in [0.2, 0.25) is 0 Å². The number of hydrogen-bond donors (Lipinski definition) is 4. The van der Waals surface area contributed by atoms with E-state index in [-0.39, 0.29) is 17.8 Å². The molecule has 1 aliphatic rings. The Hall–Kier alpha value is -1.38. The number of nitrogen functional groups attached to an aromatic ring is 1. The number of anilines is 2. The molecule has 1 saturated heterocycles.